The lowest BCUT2D eigenvalue weighted by atomic mass is 10.3. The standard InChI is InChI=1S/C7H8FN3O3S/c8-15(13,14)11-7(12)10-9-6-4-2-1-3-5-6/h1-5,9H,(H2,10,11,12). The second kappa shape index (κ2) is 4.60. The number of halogens is 1. The zero-order valence-corrected chi connectivity index (χ0v) is 8.21. The average molecular weight is 233 g/mol. The fourth-order valence-electron chi connectivity index (χ4n) is 0.787. The Morgan fingerprint density at radius 1 is 1.20 bits per heavy atom. The summed E-state index contributed by atoms with van der Waals surface area (Å²) in [7, 11) is -5.03. The van der Waals surface area contributed by atoms with Crippen molar-refractivity contribution in [3.05, 3.63) is 30.3 Å². The third-order valence-corrected chi connectivity index (χ3v) is 1.74. The number of para-hydroxylation sites is 1. The number of nitrogens with one attached hydrogen (secondary N) is 3. The van der Waals surface area contributed by atoms with E-state index in [9.17, 15) is 17.1 Å². The highest BCUT2D eigenvalue weighted by Gasteiger charge is 2.10. The Balaban J connectivity index is 2.42. The third kappa shape index (κ3) is 4.81. The largest absolute Gasteiger partial charge is 0.400 e. The summed E-state index contributed by atoms with van der Waals surface area (Å²) in [6.45, 7) is 0. The SMILES string of the molecule is O=C(NNc1ccccc1)NS(=O)(=O)F. The van der Waals surface area contributed by atoms with Gasteiger partial charge in [-0.25, -0.2) is 9.52 Å². The van der Waals surface area contributed by atoms with E-state index in [1.165, 1.54) is 0 Å². The fourth-order valence-corrected chi connectivity index (χ4v) is 1.06. The molecule has 0 fully saturated rings. The van der Waals surface area contributed by atoms with Gasteiger partial charge in [0.2, 0.25) is 0 Å². The van der Waals surface area contributed by atoms with Gasteiger partial charge in [-0.1, -0.05) is 22.1 Å². The smallest absolute Gasteiger partial charge is 0.297 e. The van der Waals surface area contributed by atoms with E-state index in [4.69, 9.17) is 0 Å². The molecule has 1 aromatic carbocycles. The van der Waals surface area contributed by atoms with Crippen molar-refractivity contribution in [3.63, 3.8) is 0 Å². The van der Waals surface area contributed by atoms with Gasteiger partial charge in [-0.05, 0) is 12.1 Å². The minimum Gasteiger partial charge on any atom is -0.297 e. The van der Waals surface area contributed by atoms with Crippen LogP contribution in [0.2, 0.25) is 0 Å². The molecule has 0 saturated carbocycles. The molecule has 0 radical (unpaired) electrons. The monoisotopic (exact) mass is 233 g/mol. The van der Waals surface area contributed by atoms with Crippen LogP contribution in [0, 0.1) is 0 Å². The first-order chi connectivity index (χ1) is 6.97. The second-order valence-electron chi connectivity index (χ2n) is 2.49. The first-order valence-corrected chi connectivity index (χ1v) is 5.19. The molecule has 0 heterocycles. The van der Waals surface area contributed by atoms with Gasteiger partial charge in [-0.2, -0.15) is 8.42 Å². The van der Waals surface area contributed by atoms with Gasteiger partial charge in [0.15, 0.2) is 0 Å². The van der Waals surface area contributed by atoms with Crippen LogP contribution >= 0.6 is 0 Å². The lowest BCUT2D eigenvalue weighted by Crippen LogP contribution is -2.40. The first kappa shape index (κ1) is 11.2. The summed E-state index contributed by atoms with van der Waals surface area (Å²) >= 11 is 0. The molecule has 0 bridgehead atoms. The van der Waals surface area contributed by atoms with Crippen LogP contribution in [0.3, 0.4) is 0 Å². The minimum atomic E-state index is -5.03. The van der Waals surface area contributed by atoms with E-state index in [-0.39, 0.29) is 0 Å². The normalized spacial score (nSPS) is 10.5. The maximum atomic E-state index is 11.9. The molecular formula is C7H8FN3O3S. The van der Waals surface area contributed by atoms with Crippen molar-refractivity contribution in [1.29, 1.82) is 0 Å². The summed E-state index contributed by atoms with van der Waals surface area (Å²) in [6, 6.07) is 7.22. The molecule has 0 aliphatic heterocycles. The van der Waals surface area contributed by atoms with Crippen molar-refractivity contribution in [1.82, 2.24) is 10.1 Å². The van der Waals surface area contributed by atoms with Crippen LogP contribution in [-0.2, 0) is 10.4 Å². The van der Waals surface area contributed by atoms with E-state index in [1.807, 2.05) is 5.43 Å². The quantitative estimate of drug-likeness (QED) is 0.525. The molecule has 0 spiro atoms. The molecule has 0 aliphatic carbocycles. The number of rotatable bonds is 3. The number of anilines is 1. The van der Waals surface area contributed by atoms with Crippen molar-refractivity contribution in [2.45, 2.75) is 0 Å². The summed E-state index contributed by atoms with van der Waals surface area (Å²) in [5.74, 6) is 0. The molecule has 0 unspecified atom stereocenters. The fraction of sp³-hybridized carbons (Fsp3) is 0. The molecule has 0 saturated heterocycles. The van der Waals surface area contributed by atoms with Crippen LogP contribution in [-0.4, -0.2) is 14.4 Å². The zero-order chi connectivity index (χ0) is 11.3. The molecule has 8 heteroatoms. The number of urea groups is 1. The number of carbonyl (C=O) groups is 1. The molecule has 0 aromatic heterocycles. The Kier molecular flexibility index (Phi) is 3.45. The third-order valence-electron chi connectivity index (χ3n) is 1.31. The Morgan fingerprint density at radius 2 is 1.80 bits per heavy atom. The predicted molar refractivity (Wildman–Crippen MR) is 51.8 cm³/mol. The highest BCUT2D eigenvalue weighted by Crippen LogP contribution is 2.02. The number of hydrogen-bond acceptors (Lipinski definition) is 4. The summed E-state index contributed by atoms with van der Waals surface area (Å²) in [6.07, 6.45) is 0. The predicted octanol–water partition coefficient (Wildman–Crippen LogP) is 0.527. The Labute approximate surface area is 85.8 Å². The van der Waals surface area contributed by atoms with Gasteiger partial charge < -0.3 is 0 Å². The van der Waals surface area contributed by atoms with Gasteiger partial charge in [0.25, 0.3) is 0 Å². The number of amides is 2. The molecule has 6 nitrogen and oxygen atoms in total. The lowest BCUT2D eigenvalue weighted by Gasteiger charge is -2.06. The summed E-state index contributed by atoms with van der Waals surface area (Å²) in [4.78, 5) is 10.7. The van der Waals surface area contributed by atoms with Crippen molar-refractivity contribution >= 4 is 22.1 Å². The van der Waals surface area contributed by atoms with Gasteiger partial charge >= 0.3 is 16.4 Å². The van der Waals surface area contributed by atoms with Crippen LogP contribution in [0.15, 0.2) is 30.3 Å². The van der Waals surface area contributed by atoms with Gasteiger partial charge in [0.1, 0.15) is 0 Å². The topological polar surface area (TPSA) is 87.3 Å². The average Bonchev–Trinajstić information content (AvgIpc) is 2.14. The maximum Gasteiger partial charge on any atom is 0.400 e. The van der Waals surface area contributed by atoms with Gasteiger partial charge in [-0.3, -0.25) is 10.9 Å². The number of benzene rings is 1. The molecule has 82 valence electrons. The first-order valence-electron chi connectivity index (χ1n) is 3.81. The molecular weight excluding hydrogens is 225 g/mol. The van der Waals surface area contributed by atoms with Crippen molar-refractivity contribution in [2.24, 2.45) is 0 Å². The van der Waals surface area contributed by atoms with E-state index in [2.05, 4.69) is 5.43 Å². The van der Waals surface area contributed by atoms with E-state index in [1.54, 1.807) is 30.3 Å². The maximum absolute atomic E-state index is 11.9. The Hall–Kier alpha value is -1.83. The lowest BCUT2D eigenvalue weighted by molar-refractivity contribution is 0.247. The molecule has 15 heavy (non-hydrogen) atoms. The minimum absolute atomic E-state index is 0.531. The van der Waals surface area contributed by atoms with E-state index in [0.29, 0.717) is 5.69 Å². The molecule has 0 atom stereocenters. The van der Waals surface area contributed by atoms with E-state index < -0.39 is 16.4 Å². The Morgan fingerprint density at radius 3 is 2.33 bits per heavy atom. The van der Waals surface area contributed by atoms with Crippen LogP contribution in [0.5, 0.6) is 0 Å². The van der Waals surface area contributed by atoms with Crippen LogP contribution in [0.4, 0.5) is 14.4 Å². The number of hydrogen-bond donors (Lipinski definition) is 3. The zero-order valence-electron chi connectivity index (χ0n) is 7.40. The van der Waals surface area contributed by atoms with E-state index >= 15 is 0 Å². The van der Waals surface area contributed by atoms with Crippen LogP contribution in [0.25, 0.3) is 0 Å². The van der Waals surface area contributed by atoms with Gasteiger partial charge in [0.05, 0.1) is 5.69 Å². The molecule has 3 N–H and O–H groups in total. The summed E-state index contributed by atoms with van der Waals surface area (Å²) < 4.78 is 33.0. The van der Waals surface area contributed by atoms with Crippen molar-refractivity contribution < 1.29 is 17.1 Å². The highest BCUT2D eigenvalue weighted by molar-refractivity contribution is 7.84. The van der Waals surface area contributed by atoms with Crippen molar-refractivity contribution in [3.8, 4) is 0 Å². The van der Waals surface area contributed by atoms with Crippen LogP contribution in [0.1, 0.15) is 0 Å². The molecule has 2 amide bonds. The Bertz CT molecular complexity index is 434. The van der Waals surface area contributed by atoms with Gasteiger partial charge in [-0.15, -0.1) is 0 Å². The highest BCUT2D eigenvalue weighted by atomic mass is 32.3. The molecule has 1 aromatic rings. The second-order valence-corrected chi connectivity index (χ2v) is 3.56. The van der Waals surface area contributed by atoms with Crippen LogP contribution < -0.4 is 15.6 Å². The molecule has 0 aliphatic rings. The van der Waals surface area contributed by atoms with Crippen molar-refractivity contribution in [2.75, 3.05) is 5.43 Å². The number of carbonyl (C=O) groups excluding carboxylic acids is 1. The summed E-state index contributed by atoms with van der Waals surface area (Å²) in [5, 5.41) is 0. The van der Waals surface area contributed by atoms with E-state index in [0.717, 1.165) is 4.72 Å². The molecule has 1 rings (SSSR count). The summed E-state index contributed by atoms with van der Waals surface area (Å²) in [5.41, 5.74) is 4.84. The number of hydrazine groups is 1. The van der Waals surface area contributed by atoms with Gasteiger partial charge in [0, 0.05) is 0 Å².